The lowest BCUT2D eigenvalue weighted by Crippen LogP contribution is -2.28. The summed E-state index contributed by atoms with van der Waals surface area (Å²) in [6.45, 7) is 0. The van der Waals surface area contributed by atoms with Crippen molar-refractivity contribution in [2.75, 3.05) is 22.3 Å². The number of ketones is 2. The first-order chi connectivity index (χ1) is 25.9. The van der Waals surface area contributed by atoms with E-state index in [1.807, 2.05) is 0 Å². The molecule has 20 nitrogen and oxygen atoms in total. The number of allylic oxidation sites excluding steroid dienone is 2. The van der Waals surface area contributed by atoms with Gasteiger partial charge in [0.2, 0.25) is 11.6 Å². The number of hydrogen-bond donors (Lipinski definition) is 8. The first kappa shape index (κ1) is 39.6. The van der Waals surface area contributed by atoms with Gasteiger partial charge in [-0.1, -0.05) is 24.3 Å². The van der Waals surface area contributed by atoms with Gasteiger partial charge < -0.3 is 11.5 Å². The van der Waals surface area contributed by atoms with Crippen molar-refractivity contribution in [3.05, 3.63) is 105 Å². The number of carbonyl (C=O) groups excluding carboxylic acids is 2. The van der Waals surface area contributed by atoms with Crippen LogP contribution in [0.3, 0.4) is 0 Å². The van der Waals surface area contributed by atoms with Gasteiger partial charge in [0.1, 0.15) is 9.81 Å². The van der Waals surface area contributed by atoms with Crippen LogP contribution in [-0.4, -0.2) is 74.9 Å². The smallest absolute Gasteiger partial charge is 0.296 e. The summed E-state index contributed by atoms with van der Waals surface area (Å²) in [4.78, 5) is 23.2. The molecule has 24 heteroatoms. The van der Waals surface area contributed by atoms with E-state index in [0.29, 0.717) is 11.1 Å². The molecule has 2 aliphatic rings. The predicted octanol–water partition coefficient (Wildman–Crippen LogP) is 2.80. The average molecular weight is 845 g/mol. The van der Waals surface area contributed by atoms with E-state index < -0.39 is 94.4 Å². The quantitative estimate of drug-likeness (QED) is 0.0682. The average Bonchev–Trinajstić information content (AvgIpc) is 3.09. The maximum atomic E-state index is 13.3. The fraction of sp³-hybridized carbons (Fsp3) is 0. The van der Waals surface area contributed by atoms with E-state index in [1.165, 1.54) is 24.3 Å². The molecule has 0 radical (unpaired) electrons. The second-order valence-electron chi connectivity index (χ2n) is 11.8. The SMILES string of the molecule is Nc1cc(S(=O)(=O)O)cc2c1C(=O)/C(=N/Nc1ccc(-c3ccc(N/N=C4/C(=O)c5c(N)cc(S(=O)(=O)O)cc5C=C4S(=O)(=O)O)cc3)cc1)C(S(=O)(=O)O)=C2. The molecule has 0 saturated heterocycles. The number of rotatable bonds is 9. The van der Waals surface area contributed by atoms with Gasteiger partial charge in [0, 0.05) is 11.4 Å². The van der Waals surface area contributed by atoms with Crippen LogP contribution in [0.25, 0.3) is 23.3 Å². The van der Waals surface area contributed by atoms with Gasteiger partial charge in [-0.2, -0.15) is 43.9 Å². The number of nitrogens with zero attached hydrogens (tertiary/aromatic N) is 2. The lowest BCUT2D eigenvalue weighted by atomic mass is 9.93. The number of anilines is 4. The van der Waals surface area contributed by atoms with Gasteiger partial charge in [-0.15, -0.1) is 0 Å². The van der Waals surface area contributed by atoms with E-state index in [2.05, 4.69) is 21.1 Å². The van der Waals surface area contributed by atoms with Crippen LogP contribution >= 0.6 is 0 Å². The third-order valence-electron chi connectivity index (χ3n) is 8.12. The van der Waals surface area contributed by atoms with Crippen LogP contribution in [0.15, 0.2) is 103 Å². The Bertz CT molecular complexity index is 2790. The predicted molar refractivity (Wildman–Crippen MR) is 203 cm³/mol. The summed E-state index contributed by atoms with van der Waals surface area (Å²) in [5.41, 5.74) is 14.9. The normalized spacial score (nSPS) is 16.2. The minimum Gasteiger partial charge on any atom is -0.398 e. The van der Waals surface area contributed by atoms with Gasteiger partial charge in [-0.25, -0.2) is 0 Å². The molecular formula is C32H24N6O14S4. The van der Waals surface area contributed by atoms with E-state index >= 15 is 0 Å². The maximum absolute atomic E-state index is 13.3. The molecule has 290 valence electrons. The largest absolute Gasteiger partial charge is 0.398 e. The molecule has 56 heavy (non-hydrogen) atoms. The van der Waals surface area contributed by atoms with E-state index in [-0.39, 0.29) is 33.6 Å². The van der Waals surface area contributed by atoms with E-state index in [0.717, 1.165) is 36.4 Å². The van der Waals surface area contributed by atoms with Gasteiger partial charge in [-0.05, 0) is 82.9 Å². The fourth-order valence-electron chi connectivity index (χ4n) is 5.57. The van der Waals surface area contributed by atoms with Crippen molar-refractivity contribution < 1.29 is 61.5 Å². The van der Waals surface area contributed by atoms with Crippen LogP contribution < -0.4 is 22.3 Å². The van der Waals surface area contributed by atoms with Crippen LogP contribution in [0.2, 0.25) is 0 Å². The zero-order valence-electron chi connectivity index (χ0n) is 27.6. The molecule has 4 aromatic carbocycles. The minimum absolute atomic E-state index is 0.245. The highest BCUT2D eigenvalue weighted by Gasteiger charge is 2.36. The number of hydrazone groups is 2. The molecule has 0 heterocycles. The number of benzene rings is 4. The summed E-state index contributed by atoms with van der Waals surface area (Å²) in [5.74, 6) is -2.14. The summed E-state index contributed by atoms with van der Waals surface area (Å²) in [6, 6.07) is 15.7. The first-order valence-corrected chi connectivity index (χ1v) is 20.9. The Balaban J connectivity index is 1.22. The molecule has 0 bridgehead atoms. The zero-order valence-corrected chi connectivity index (χ0v) is 30.9. The highest BCUT2D eigenvalue weighted by molar-refractivity contribution is 7.91. The van der Waals surface area contributed by atoms with Crippen molar-refractivity contribution in [2.45, 2.75) is 9.79 Å². The number of hydrogen-bond acceptors (Lipinski definition) is 16. The van der Waals surface area contributed by atoms with Gasteiger partial charge in [-0.3, -0.25) is 38.7 Å². The molecule has 2 aliphatic carbocycles. The monoisotopic (exact) mass is 844 g/mol. The minimum atomic E-state index is -5.09. The molecule has 0 saturated carbocycles. The van der Waals surface area contributed by atoms with Crippen LogP contribution in [-0.2, 0) is 40.5 Å². The number of carbonyl (C=O) groups is 2. The molecule has 0 aromatic heterocycles. The van der Waals surface area contributed by atoms with Crippen molar-refractivity contribution in [1.82, 2.24) is 0 Å². The summed E-state index contributed by atoms with van der Waals surface area (Å²) < 4.78 is 134. The Morgan fingerprint density at radius 2 is 0.804 bits per heavy atom. The van der Waals surface area contributed by atoms with E-state index in [1.54, 1.807) is 24.3 Å². The van der Waals surface area contributed by atoms with Gasteiger partial charge >= 0.3 is 0 Å². The number of nitrogens with two attached hydrogens (primary N) is 2. The van der Waals surface area contributed by atoms with Crippen LogP contribution in [0, 0.1) is 0 Å². The van der Waals surface area contributed by atoms with Gasteiger partial charge in [0.15, 0.2) is 11.4 Å². The summed E-state index contributed by atoms with van der Waals surface area (Å²) in [7, 11) is -19.8. The highest BCUT2D eigenvalue weighted by Crippen LogP contribution is 2.34. The molecule has 10 N–H and O–H groups in total. The highest BCUT2D eigenvalue weighted by atomic mass is 32.2. The molecule has 0 amide bonds. The Hall–Kier alpha value is -6.12. The van der Waals surface area contributed by atoms with Crippen molar-refractivity contribution in [3.63, 3.8) is 0 Å². The number of nitrogens with one attached hydrogen (secondary N) is 2. The van der Waals surface area contributed by atoms with Gasteiger partial charge in [0.25, 0.3) is 40.5 Å². The van der Waals surface area contributed by atoms with Gasteiger partial charge in [0.05, 0.1) is 32.3 Å². The van der Waals surface area contributed by atoms with Crippen LogP contribution in [0.4, 0.5) is 22.7 Å². The molecule has 0 unspecified atom stereocenters. The summed E-state index contributed by atoms with van der Waals surface area (Å²) in [5, 5.41) is 7.73. The Labute approximate surface area is 316 Å². The molecule has 6 rings (SSSR count). The summed E-state index contributed by atoms with van der Waals surface area (Å²) >= 11 is 0. The number of nitrogen functional groups attached to an aromatic ring is 2. The third kappa shape index (κ3) is 7.84. The molecule has 0 aliphatic heterocycles. The maximum Gasteiger partial charge on any atom is 0.296 e. The lowest BCUT2D eigenvalue weighted by Gasteiger charge is -2.18. The molecular weight excluding hydrogens is 821 g/mol. The molecule has 0 fully saturated rings. The molecule has 4 aromatic rings. The topological polar surface area (TPSA) is 352 Å². The Morgan fingerprint density at radius 1 is 0.482 bits per heavy atom. The zero-order chi connectivity index (χ0) is 41.1. The van der Waals surface area contributed by atoms with Crippen molar-refractivity contribution in [2.24, 2.45) is 10.2 Å². The van der Waals surface area contributed by atoms with E-state index in [9.17, 15) is 61.5 Å². The second kappa shape index (κ2) is 13.9. The third-order valence-corrected chi connectivity index (χ3v) is 11.5. The first-order valence-electron chi connectivity index (χ1n) is 15.1. The second-order valence-corrected chi connectivity index (χ2v) is 17.5. The van der Waals surface area contributed by atoms with Crippen LogP contribution in [0.5, 0.6) is 0 Å². The van der Waals surface area contributed by atoms with Crippen molar-refractivity contribution >= 4 is 98.4 Å². The van der Waals surface area contributed by atoms with Crippen molar-refractivity contribution in [3.8, 4) is 11.1 Å². The Kier molecular flexibility index (Phi) is 9.80. The Morgan fingerprint density at radius 3 is 1.09 bits per heavy atom. The number of fused-ring (bicyclic) bond motifs is 2. The molecule has 0 atom stereocenters. The standard InChI is InChI=1S/C32H24N6O14S4/c33-23-13-21(53(41,42)43)9-17-11-25(55(47,48)49)29(31(39)27(17)23)37-35-19-5-1-15(2-6-19)16-3-7-20(8-4-16)36-38-30-26(56(50,51)52)12-18-10-22(54(44,45)46)14-24(34)28(18)32(30)40/h1-14,35-36H,33-34H2,(H,41,42,43)(H,44,45,46)(H,47,48,49)(H,50,51,52)/b37-29+,38-30+. The van der Waals surface area contributed by atoms with Crippen LogP contribution in [0.1, 0.15) is 31.8 Å². The van der Waals surface area contributed by atoms with E-state index in [4.69, 9.17) is 11.5 Å². The lowest BCUT2D eigenvalue weighted by molar-refractivity contribution is 0.105. The summed E-state index contributed by atoms with van der Waals surface area (Å²) in [6.07, 6.45) is 1.56. The fourth-order valence-corrected chi connectivity index (χ4v) is 7.99. The molecule has 0 spiro atoms. The number of Topliss-reactive ketones (excluding diaryl/α,β-unsaturated/α-hetero) is 2. The van der Waals surface area contributed by atoms with Crippen molar-refractivity contribution in [1.29, 1.82) is 0 Å².